The molecule has 98 valence electrons. The molecule has 0 N–H and O–H groups in total. The van der Waals surface area contributed by atoms with Gasteiger partial charge >= 0.3 is 0 Å². The maximum atomic E-state index is 12.6. The summed E-state index contributed by atoms with van der Waals surface area (Å²) in [6.45, 7) is 10.6. The minimum Gasteiger partial charge on any atom is -0.294 e. The number of Topliss-reactive ketones (excluding diaryl/α,β-unsaturated/α-hetero) is 1. The van der Waals surface area contributed by atoms with E-state index in [1.807, 2.05) is 0 Å². The van der Waals surface area contributed by atoms with E-state index < -0.39 is 0 Å². The second kappa shape index (κ2) is 4.36. The van der Waals surface area contributed by atoms with Gasteiger partial charge in [0.05, 0.1) is 0 Å². The normalized spacial score (nSPS) is 44.5. The van der Waals surface area contributed by atoms with E-state index in [4.69, 9.17) is 0 Å². The lowest BCUT2D eigenvalue weighted by Gasteiger charge is -2.50. The summed E-state index contributed by atoms with van der Waals surface area (Å²) in [6, 6.07) is 0. The van der Waals surface area contributed by atoms with E-state index in [9.17, 15) is 4.79 Å². The van der Waals surface area contributed by atoms with Gasteiger partial charge in [0.2, 0.25) is 0 Å². The number of hydrogen-bond donors (Lipinski definition) is 0. The minimum absolute atomic E-state index is 0.227. The van der Waals surface area contributed by atoms with Crippen LogP contribution in [0, 0.1) is 29.6 Å². The molecular formula is C17H24O. The quantitative estimate of drug-likeness (QED) is 0.462. The third-order valence-electron chi connectivity index (χ3n) is 5.73. The molecule has 3 aliphatic rings. The fourth-order valence-electron chi connectivity index (χ4n) is 4.88. The molecule has 3 aliphatic carbocycles. The van der Waals surface area contributed by atoms with Crippen LogP contribution < -0.4 is 0 Å². The molecule has 3 rings (SSSR count). The second-order valence-corrected chi connectivity index (χ2v) is 6.75. The zero-order valence-electron chi connectivity index (χ0n) is 11.5. The highest BCUT2D eigenvalue weighted by atomic mass is 16.1. The third kappa shape index (κ3) is 1.71. The van der Waals surface area contributed by atoms with Crippen molar-refractivity contribution in [2.75, 3.05) is 0 Å². The molecule has 1 nitrogen and oxygen atoms in total. The molecule has 0 radical (unpaired) electrons. The zero-order valence-corrected chi connectivity index (χ0v) is 11.5. The molecule has 0 aromatic rings. The number of hydrogen-bond acceptors (Lipinski definition) is 1. The van der Waals surface area contributed by atoms with Crippen LogP contribution in [0.4, 0.5) is 0 Å². The molecule has 0 bridgehead atoms. The van der Waals surface area contributed by atoms with Gasteiger partial charge in [-0.25, -0.2) is 0 Å². The van der Waals surface area contributed by atoms with Gasteiger partial charge in [-0.1, -0.05) is 38.5 Å². The Balaban J connectivity index is 1.93. The highest BCUT2D eigenvalue weighted by Gasteiger charge is 2.49. The van der Waals surface area contributed by atoms with Gasteiger partial charge in [-0.2, -0.15) is 0 Å². The predicted molar refractivity (Wildman–Crippen MR) is 74.1 cm³/mol. The van der Waals surface area contributed by atoms with Gasteiger partial charge in [0, 0.05) is 5.92 Å². The van der Waals surface area contributed by atoms with Crippen LogP contribution in [0.1, 0.15) is 45.4 Å². The average molecular weight is 244 g/mol. The van der Waals surface area contributed by atoms with Crippen molar-refractivity contribution in [1.82, 2.24) is 0 Å². The van der Waals surface area contributed by atoms with Crippen LogP contribution in [0.25, 0.3) is 0 Å². The maximum Gasteiger partial charge on any atom is 0.162 e. The van der Waals surface area contributed by atoms with Gasteiger partial charge in [0.15, 0.2) is 5.78 Å². The molecule has 0 amide bonds. The largest absolute Gasteiger partial charge is 0.294 e. The molecule has 3 saturated carbocycles. The van der Waals surface area contributed by atoms with Crippen LogP contribution in [-0.2, 0) is 4.79 Å². The number of fused-ring (bicyclic) bond motifs is 3. The van der Waals surface area contributed by atoms with E-state index in [1.165, 1.54) is 31.3 Å². The van der Waals surface area contributed by atoms with Gasteiger partial charge in [-0.15, -0.1) is 0 Å². The summed E-state index contributed by atoms with van der Waals surface area (Å²) in [6.07, 6.45) is 7.19. The zero-order chi connectivity index (χ0) is 12.9. The lowest BCUT2D eigenvalue weighted by molar-refractivity contribution is -0.127. The van der Waals surface area contributed by atoms with Gasteiger partial charge in [-0.3, -0.25) is 4.79 Å². The van der Waals surface area contributed by atoms with Crippen LogP contribution in [0.2, 0.25) is 0 Å². The summed E-state index contributed by atoms with van der Waals surface area (Å²) in [5, 5.41) is 0. The average Bonchev–Trinajstić information content (AvgIpc) is 2.35. The van der Waals surface area contributed by atoms with Crippen LogP contribution in [0.3, 0.4) is 0 Å². The van der Waals surface area contributed by atoms with Gasteiger partial charge < -0.3 is 0 Å². The standard InChI is InChI=1S/C17H24O/c1-10-7-8-13-14-6-4-5-11(2)16(14)12(3)17(18)15(13)9-10/h11,13-16H,1,3-9H2,2H3/t11-,13?,14?,15?,16?/m0/s1. The van der Waals surface area contributed by atoms with Crippen molar-refractivity contribution >= 4 is 5.78 Å². The number of ketones is 1. The van der Waals surface area contributed by atoms with Crippen molar-refractivity contribution in [2.24, 2.45) is 29.6 Å². The van der Waals surface area contributed by atoms with Crippen molar-refractivity contribution in [1.29, 1.82) is 0 Å². The van der Waals surface area contributed by atoms with Crippen molar-refractivity contribution < 1.29 is 4.79 Å². The molecule has 18 heavy (non-hydrogen) atoms. The molecule has 0 aromatic carbocycles. The number of allylic oxidation sites excluding steroid dienone is 2. The highest BCUT2D eigenvalue weighted by molar-refractivity contribution is 5.98. The van der Waals surface area contributed by atoms with Crippen LogP contribution in [0.15, 0.2) is 24.3 Å². The third-order valence-corrected chi connectivity index (χ3v) is 5.73. The molecule has 0 heterocycles. The second-order valence-electron chi connectivity index (χ2n) is 6.75. The Morgan fingerprint density at radius 1 is 1.11 bits per heavy atom. The van der Waals surface area contributed by atoms with E-state index in [2.05, 4.69) is 20.1 Å². The van der Waals surface area contributed by atoms with Crippen molar-refractivity contribution in [3.63, 3.8) is 0 Å². The first-order valence-corrected chi connectivity index (χ1v) is 7.49. The monoisotopic (exact) mass is 244 g/mol. The Morgan fingerprint density at radius 3 is 2.67 bits per heavy atom. The van der Waals surface area contributed by atoms with Gasteiger partial charge in [0.1, 0.15) is 0 Å². The molecule has 1 heteroatoms. The Morgan fingerprint density at radius 2 is 1.89 bits per heavy atom. The van der Waals surface area contributed by atoms with Gasteiger partial charge in [-0.05, 0) is 54.9 Å². The van der Waals surface area contributed by atoms with E-state index in [0.29, 0.717) is 23.5 Å². The molecule has 0 aromatic heterocycles. The number of carbonyl (C=O) groups is 1. The summed E-state index contributed by atoms with van der Waals surface area (Å²) in [4.78, 5) is 12.6. The SMILES string of the molecule is C=C1CCC2C(C1)C(=O)C(=C)C1C2CCC[C@@H]1C. The predicted octanol–water partition coefficient (Wildman–Crippen LogP) is 4.15. The summed E-state index contributed by atoms with van der Waals surface area (Å²) >= 11 is 0. The molecule has 0 saturated heterocycles. The maximum absolute atomic E-state index is 12.6. The number of rotatable bonds is 0. The van der Waals surface area contributed by atoms with Crippen molar-refractivity contribution in [3.05, 3.63) is 24.3 Å². The highest BCUT2D eigenvalue weighted by Crippen LogP contribution is 2.53. The molecule has 0 aliphatic heterocycles. The summed E-state index contributed by atoms with van der Waals surface area (Å²) in [7, 11) is 0. The number of carbonyl (C=O) groups excluding carboxylic acids is 1. The van der Waals surface area contributed by atoms with Crippen LogP contribution >= 0.6 is 0 Å². The molecule has 4 unspecified atom stereocenters. The first kappa shape index (κ1) is 12.2. The fourth-order valence-corrected chi connectivity index (χ4v) is 4.88. The van der Waals surface area contributed by atoms with Crippen LogP contribution in [0.5, 0.6) is 0 Å². The Hall–Kier alpha value is -0.850. The topological polar surface area (TPSA) is 17.1 Å². The van der Waals surface area contributed by atoms with E-state index >= 15 is 0 Å². The smallest absolute Gasteiger partial charge is 0.162 e. The lowest BCUT2D eigenvalue weighted by atomic mass is 9.53. The van der Waals surface area contributed by atoms with E-state index in [0.717, 1.165) is 24.3 Å². The Labute approximate surface area is 110 Å². The first-order valence-electron chi connectivity index (χ1n) is 7.49. The molecule has 5 atom stereocenters. The Kier molecular flexibility index (Phi) is 2.96. The van der Waals surface area contributed by atoms with E-state index in [-0.39, 0.29) is 5.92 Å². The van der Waals surface area contributed by atoms with Crippen molar-refractivity contribution in [2.45, 2.75) is 45.4 Å². The summed E-state index contributed by atoms with van der Waals surface area (Å²) in [5.74, 6) is 3.10. The fraction of sp³-hybridized carbons (Fsp3) is 0.706. The van der Waals surface area contributed by atoms with Crippen LogP contribution in [-0.4, -0.2) is 5.78 Å². The van der Waals surface area contributed by atoms with Gasteiger partial charge in [0.25, 0.3) is 0 Å². The molecule has 3 fully saturated rings. The summed E-state index contributed by atoms with van der Waals surface area (Å²) in [5.41, 5.74) is 2.22. The Bertz CT molecular complexity index is 406. The summed E-state index contributed by atoms with van der Waals surface area (Å²) < 4.78 is 0. The minimum atomic E-state index is 0.227. The molecule has 0 spiro atoms. The molecular weight excluding hydrogens is 220 g/mol. The first-order chi connectivity index (χ1) is 8.59. The van der Waals surface area contributed by atoms with Crippen molar-refractivity contribution in [3.8, 4) is 0 Å². The lowest BCUT2D eigenvalue weighted by Crippen LogP contribution is -2.47. The van der Waals surface area contributed by atoms with E-state index in [1.54, 1.807) is 0 Å².